The molecule has 19 heavy (non-hydrogen) atoms. The van der Waals surface area contributed by atoms with Gasteiger partial charge in [-0.15, -0.1) is 11.8 Å². The quantitative estimate of drug-likeness (QED) is 0.675. The first-order valence-corrected chi connectivity index (χ1v) is 7.39. The van der Waals surface area contributed by atoms with Crippen molar-refractivity contribution in [1.82, 2.24) is 9.97 Å². The smallest absolute Gasteiger partial charge is 0.340 e. The normalized spacial score (nSPS) is 19.4. The molecule has 1 atom stereocenters. The van der Waals surface area contributed by atoms with Crippen molar-refractivity contribution in [1.29, 1.82) is 0 Å². The highest BCUT2D eigenvalue weighted by Gasteiger charge is 2.20. The van der Waals surface area contributed by atoms with Gasteiger partial charge in [-0.2, -0.15) is 0 Å². The molecule has 5 nitrogen and oxygen atoms in total. The Morgan fingerprint density at radius 3 is 2.84 bits per heavy atom. The molecular formula is C13H18N2O3S. The average Bonchev–Trinajstić information content (AvgIpc) is 2.36. The molecular weight excluding hydrogens is 264 g/mol. The zero-order valence-electron chi connectivity index (χ0n) is 11.2. The van der Waals surface area contributed by atoms with Crippen LogP contribution in [0.2, 0.25) is 0 Å². The molecule has 1 N–H and O–H groups in total. The van der Waals surface area contributed by atoms with E-state index in [-0.39, 0.29) is 11.7 Å². The van der Waals surface area contributed by atoms with Crippen LogP contribution in [0.3, 0.4) is 0 Å². The van der Waals surface area contributed by atoms with E-state index in [9.17, 15) is 9.90 Å². The molecule has 0 radical (unpaired) electrons. The third-order valence-corrected chi connectivity index (χ3v) is 4.17. The number of carboxylic acids is 1. The summed E-state index contributed by atoms with van der Waals surface area (Å²) in [6.45, 7) is 4.29. The Balaban J connectivity index is 2.12. The Morgan fingerprint density at radius 1 is 1.42 bits per heavy atom. The van der Waals surface area contributed by atoms with E-state index >= 15 is 0 Å². The summed E-state index contributed by atoms with van der Waals surface area (Å²) >= 11 is 1.45. The summed E-state index contributed by atoms with van der Waals surface area (Å²) in [6.07, 6.45) is 3.54. The number of ether oxygens (including phenoxy) is 1. The van der Waals surface area contributed by atoms with Crippen LogP contribution >= 0.6 is 11.8 Å². The zero-order valence-corrected chi connectivity index (χ0v) is 12.0. The minimum absolute atomic E-state index is 0.205. The average molecular weight is 282 g/mol. The molecule has 1 unspecified atom stereocenters. The minimum atomic E-state index is -0.968. The maximum atomic E-state index is 11.3. The molecule has 0 saturated carbocycles. The summed E-state index contributed by atoms with van der Waals surface area (Å²) in [5, 5.41) is 9.80. The highest BCUT2D eigenvalue weighted by Crippen LogP contribution is 2.26. The first-order chi connectivity index (χ1) is 9.08. The first kappa shape index (κ1) is 14.3. The molecule has 1 aromatic heterocycles. The molecule has 0 aromatic carbocycles. The van der Waals surface area contributed by atoms with Gasteiger partial charge in [0, 0.05) is 12.4 Å². The van der Waals surface area contributed by atoms with Gasteiger partial charge < -0.3 is 9.84 Å². The van der Waals surface area contributed by atoms with E-state index < -0.39 is 5.97 Å². The van der Waals surface area contributed by atoms with Gasteiger partial charge in [0.25, 0.3) is 0 Å². The lowest BCUT2D eigenvalue weighted by atomic mass is 10.1. The number of rotatable bonds is 4. The van der Waals surface area contributed by atoms with Crippen LogP contribution in [0, 0.1) is 13.8 Å². The monoisotopic (exact) mass is 282 g/mol. The van der Waals surface area contributed by atoms with Crippen molar-refractivity contribution in [2.24, 2.45) is 0 Å². The van der Waals surface area contributed by atoms with Gasteiger partial charge in [0.2, 0.25) is 0 Å². The Hall–Kier alpha value is -1.14. The maximum Gasteiger partial charge on any atom is 0.340 e. The van der Waals surface area contributed by atoms with Crippen LogP contribution in [-0.4, -0.2) is 39.5 Å². The lowest BCUT2D eigenvalue weighted by Crippen LogP contribution is -2.21. The molecule has 0 amide bonds. The molecule has 0 spiro atoms. The van der Waals surface area contributed by atoms with E-state index in [1.165, 1.54) is 18.2 Å². The van der Waals surface area contributed by atoms with E-state index in [2.05, 4.69) is 9.97 Å². The van der Waals surface area contributed by atoms with Gasteiger partial charge in [0.05, 0.1) is 11.8 Å². The van der Waals surface area contributed by atoms with Gasteiger partial charge in [0.1, 0.15) is 16.4 Å². The topological polar surface area (TPSA) is 72.3 Å². The van der Waals surface area contributed by atoms with Crippen LogP contribution in [0.1, 0.15) is 41.1 Å². The number of thioether (sulfide) groups is 1. The van der Waals surface area contributed by atoms with Gasteiger partial charge in [-0.1, -0.05) is 0 Å². The third-order valence-electron chi connectivity index (χ3n) is 3.06. The van der Waals surface area contributed by atoms with E-state index in [1.807, 2.05) is 0 Å². The minimum Gasteiger partial charge on any atom is -0.478 e. The summed E-state index contributed by atoms with van der Waals surface area (Å²) in [7, 11) is 0. The van der Waals surface area contributed by atoms with Crippen molar-refractivity contribution in [3.05, 3.63) is 17.1 Å². The summed E-state index contributed by atoms with van der Waals surface area (Å²) in [6, 6.07) is 0. The number of aryl methyl sites for hydroxylation is 2. The molecule has 2 rings (SSSR count). The number of aromatic carboxylic acids is 1. The van der Waals surface area contributed by atoms with Crippen molar-refractivity contribution < 1.29 is 14.6 Å². The summed E-state index contributed by atoms with van der Waals surface area (Å²) in [4.78, 5) is 19.6. The molecule has 1 fully saturated rings. The van der Waals surface area contributed by atoms with E-state index in [1.54, 1.807) is 13.8 Å². The van der Waals surface area contributed by atoms with E-state index in [0.717, 1.165) is 25.2 Å². The predicted molar refractivity (Wildman–Crippen MR) is 72.8 cm³/mol. The van der Waals surface area contributed by atoms with Crippen molar-refractivity contribution in [3.63, 3.8) is 0 Å². The highest BCUT2D eigenvalue weighted by atomic mass is 32.2. The van der Waals surface area contributed by atoms with Crippen LogP contribution in [0.15, 0.2) is 5.03 Å². The third kappa shape index (κ3) is 3.67. The molecule has 1 saturated heterocycles. The fourth-order valence-electron chi connectivity index (χ4n) is 2.14. The number of hydrogen-bond acceptors (Lipinski definition) is 5. The van der Waals surface area contributed by atoms with Gasteiger partial charge in [0.15, 0.2) is 0 Å². The lowest BCUT2D eigenvalue weighted by Gasteiger charge is -2.22. The summed E-state index contributed by atoms with van der Waals surface area (Å²) < 4.78 is 5.65. The number of carboxylic acid groups (broad SMARTS) is 1. The largest absolute Gasteiger partial charge is 0.478 e. The van der Waals surface area contributed by atoms with Crippen molar-refractivity contribution >= 4 is 17.7 Å². The lowest BCUT2D eigenvalue weighted by molar-refractivity contribution is 0.0315. The van der Waals surface area contributed by atoms with Crippen LogP contribution in [0.4, 0.5) is 0 Å². The van der Waals surface area contributed by atoms with Crippen LogP contribution in [0.25, 0.3) is 0 Å². The number of aromatic nitrogens is 2. The van der Waals surface area contributed by atoms with Crippen LogP contribution < -0.4 is 0 Å². The van der Waals surface area contributed by atoms with Gasteiger partial charge in [-0.25, -0.2) is 14.8 Å². The fourth-order valence-corrected chi connectivity index (χ4v) is 3.33. The Labute approximate surface area is 116 Å². The molecule has 104 valence electrons. The Kier molecular flexibility index (Phi) is 4.76. The predicted octanol–water partition coefficient (Wildman–Crippen LogP) is 2.45. The number of nitrogens with zero attached hydrogens (tertiary/aromatic N) is 2. The molecule has 6 heteroatoms. The van der Waals surface area contributed by atoms with Crippen molar-refractivity contribution in [2.75, 3.05) is 12.4 Å². The first-order valence-electron chi connectivity index (χ1n) is 6.41. The number of hydrogen-bond donors (Lipinski definition) is 1. The zero-order chi connectivity index (χ0) is 13.8. The Morgan fingerprint density at radius 2 is 2.21 bits per heavy atom. The fraction of sp³-hybridized carbons (Fsp3) is 0.615. The van der Waals surface area contributed by atoms with Gasteiger partial charge >= 0.3 is 5.97 Å². The Bertz CT molecular complexity index is 473. The van der Waals surface area contributed by atoms with Crippen molar-refractivity contribution in [2.45, 2.75) is 44.2 Å². The SMILES string of the molecule is Cc1nc(C)c(C(=O)O)c(SCC2CCCCO2)n1. The van der Waals surface area contributed by atoms with Gasteiger partial charge in [-0.05, 0) is 33.1 Å². The maximum absolute atomic E-state index is 11.3. The second kappa shape index (κ2) is 6.34. The second-order valence-corrected chi connectivity index (χ2v) is 5.65. The standard InChI is InChI=1S/C13H18N2O3S/c1-8-11(13(16)17)12(15-9(2)14-8)19-7-10-5-3-4-6-18-10/h10H,3-7H2,1-2H3,(H,16,17). The molecule has 0 aliphatic carbocycles. The van der Waals surface area contributed by atoms with Crippen molar-refractivity contribution in [3.8, 4) is 0 Å². The van der Waals surface area contributed by atoms with Crippen LogP contribution in [-0.2, 0) is 4.74 Å². The molecule has 1 aliphatic heterocycles. The second-order valence-electron chi connectivity index (χ2n) is 4.64. The summed E-state index contributed by atoms with van der Waals surface area (Å²) in [5.74, 6) is 0.384. The molecule has 1 aliphatic rings. The number of carbonyl (C=O) groups is 1. The van der Waals surface area contributed by atoms with E-state index in [0.29, 0.717) is 16.5 Å². The molecule has 1 aromatic rings. The molecule has 0 bridgehead atoms. The summed E-state index contributed by atoms with van der Waals surface area (Å²) in [5.41, 5.74) is 0.735. The van der Waals surface area contributed by atoms with Crippen LogP contribution in [0.5, 0.6) is 0 Å². The molecule has 2 heterocycles. The van der Waals surface area contributed by atoms with Gasteiger partial charge in [-0.3, -0.25) is 0 Å². The van der Waals surface area contributed by atoms with E-state index in [4.69, 9.17) is 4.74 Å². The highest BCUT2D eigenvalue weighted by molar-refractivity contribution is 7.99.